The Morgan fingerprint density at radius 1 is 1.24 bits per heavy atom. The van der Waals surface area contributed by atoms with Gasteiger partial charge in [0.15, 0.2) is 10.8 Å². The molecule has 0 fully saturated rings. The number of carbonyl (C=O) groups is 1. The predicted molar refractivity (Wildman–Crippen MR) is 116 cm³/mol. The molecular formula is C21H17BrFN3O2S. The number of aliphatic imine (C=N–C) groups is 1. The van der Waals surface area contributed by atoms with Crippen LogP contribution < -0.4 is 5.32 Å². The van der Waals surface area contributed by atoms with Crippen LogP contribution in [0.1, 0.15) is 29.1 Å². The molecule has 1 atom stereocenters. The number of amidine groups is 1. The molecule has 0 bridgehead atoms. The number of aromatic nitrogens is 1. The average molecular weight is 474 g/mol. The Morgan fingerprint density at radius 3 is 2.76 bits per heavy atom. The lowest BCUT2D eigenvalue weighted by atomic mass is 9.96. The van der Waals surface area contributed by atoms with Crippen molar-refractivity contribution in [1.82, 2.24) is 10.3 Å². The van der Waals surface area contributed by atoms with E-state index in [1.165, 1.54) is 30.6 Å². The molecule has 3 aromatic rings. The highest BCUT2D eigenvalue weighted by atomic mass is 79.9. The van der Waals surface area contributed by atoms with Crippen molar-refractivity contribution >= 4 is 49.3 Å². The molecule has 0 saturated carbocycles. The van der Waals surface area contributed by atoms with Crippen molar-refractivity contribution in [2.45, 2.75) is 19.9 Å². The molecule has 0 saturated heterocycles. The zero-order valence-electron chi connectivity index (χ0n) is 15.9. The van der Waals surface area contributed by atoms with Crippen molar-refractivity contribution in [3.63, 3.8) is 0 Å². The average Bonchev–Trinajstić information content (AvgIpc) is 3.10. The van der Waals surface area contributed by atoms with Crippen LogP contribution in [-0.4, -0.2) is 23.9 Å². The van der Waals surface area contributed by atoms with Gasteiger partial charge in [-0.2, -0.15) is 0 Å². The lowest BCUT2D eigenvalue weighted by Crippen LogP contribution is -2.32. The number of methoxy groups -OCH3 is 1. The maximum absolute atomic E-state index is 13.6. The van der Waals surface area contributed by atoms with Gasteiger partial charge in [-0.3, -0.25) is 4.99 Å². The minimum absolute atomic E-state index is 0.374. The number of aryl methyl sites for hydroxylation is 1. The van der Waals surface area contributed by atoms with Crippen LogP contribution in [0.4, 0.5) is 4.39 Å². The van der Waals surface area contributed by atoms with E-state index in [-0.39, 0.29) is 5.82 Å². The van der Waals surface area contributed by atoms with E-state index in [0.29, 0.717) is 27.1 Å². The second-order valence-corrected chi connectivity index (χ2v) is 8.58. The first-order valence-corrected chi connectivity index (χ1v) is 10.4. The molecular weight excluding hydrogens is 457 g/mol. The third kappa shape index (κ3) is 3.70. The molecule has 29 heavy (non-hydrogen) atoms. The summed E-state index contributed by atoms with van der Waals surface area (Å²) < 4.78 is 20.2. The third-order valence-corrected chi connectivity index (χ3v) is 6.36. The maximum atomic E-state index is 13.6. The number of fused-ring (bicyclic) bond motifs is 1. The summed E-state index contributed by atoms with van der Waals surface area (Å²) in [7, 11) is 1.33. The van der Waals surface area contributed by atoms with Gasteiger partial charge in [-0.1, -0.05) is 28.1 Å². The fourth-order valence-electron chi connectivity index (χ4n) is 3.24. The Labute approximate surface area is 179 Å². The number of thiazole rings is 1. The molecule has 8 heteroatoms. The minimum atomic E-state index is -0.651. The van der Waals surface area contributed by atoms with Crippen LogP contribution in [0.3, 0.4) is 0 Å². The lowest BCUT2D eigenvalue weighted by Gasteiger charge is -2.25. The van der Waals surface area contributed by atoms with Crippen LogP contribution in [-0.2, 0) is 9.53 Å². The number of nitrogens with one attached hydrogen (secondary N) is 1. The summed E-state index contributed by atoms with van der Waals surface area (Å²) in [5, 5.41) is 3.91. The van der Waals surface area contributed by atoms with Crippen LogP contribution in [0.15, 0.2) is 57.1 Å². The Morgan fingerprint density at radius 2 is 2.03 bits per heavy atom. The van der Waals surface area contributed by atoms with E-state index in [4.69, 9.17) is 9.73 Å². The molecule has 148 valence electrons. The predicted octanol–water partition coefficient (Wildman–Crippen LogP) is 5.04. The number of hydrogen-bond donors (Lipinski definition) is 1. The maximum Gasteiger partial charge on any atom is 0.338 e. The van der Waals surface area contributed by atoms with E-state index >= 15 is 0 Å². The molecule has 2 heterocycles. The second kappa shape index (κ2) is 7.68. The van der Waals surface area contributed by atoms with E-state index < -0.39 is 12.0 Å². The quantitative estimate of drug-likeness (QED) is 0.540. The van der Waals surface area contributed by atoms with Crippen LogP contribution in [0, 0.1) is 12.7 Å². The summed E-state index contributed by atoms with van der Waals surface area (Å²) in [4.78, 5) is 21.9. The molecule has 0 radical (unpaired) electrons. The summed E-state index contributed by atoms with van der Waals surface area (Å²) >= 11 is 4.92. The molecule has 0 amide bonds. The smallest absolute Gasteiger partial charge is 0.338 e. The zero-order valence-corrected chi connectivity index (χ0v) is 18.3. The van der Waals surface area contributed by atoms with Gasteiger partial charge in [0.05, 0.1) is 22.9 Å². The monoisotopic (exact) mass is 473 g/mol. The molecule has 0 spiro atoms. The fraction of sp³-hybridized carbons (Fsp3) is 0.190. The van der Waals surface area contributed by atoms with Gasteiger partial charge >= 0.3 is 5.97 Å². The fourth-order valence-corrected chi connectivity index (χ4v) is 4.82. The number of hydrogen-bond acceptors (Lipinski definition) is 6. The SMILES string of the molecule is COC(=O)C1=C(C)NC(c2nc3ccc(C)cc3s2)=NC1c1ccc(F)cc1Br. The number of benzene rings is 2. The van der Waals surface area contributed by atoms with Crippen LogP contribution in [0.25, 0.3) is 10.2 Å². The van der Waals surface area contributed by atoms with Crippen molar-refractivity contribution in [3.05, 3.63) is 74.1 Å². The summed E-state index contributed by atoms with van der Waals surface area (Å²) in [6.45, 7) is 3.83. The van der Waals surface area contributed by atoms with Crippen LogP contribution in [0.5, 0.6) is 0 Å². The molecule has 1 N–H and O–H groups in total. The minimum Gasteiger partial charge on any atom is -0.466 e. The van der Waals surface area contributed by atoms with E-state index in [9.17, 15) is 9.18 Å². The lowest BCUT2D eigenvalue weighted by molar-refractivity contribution is -0.136. The second-order valence-electron chi connectivity index (χ2n) is 6.69. The molecule has 1 aliphatic rings. The van der Waals surface area contributed by atoms with Crippen LogP contribution in [0.2, 0.25) is 0 Å². The molecule has 1 aliphatic heterocycles. The van der Waals surface area contributed by atoms with E-state index in [2.05, 4.69) is 32.3 Å². The van der Waals surface area contributed by atoms with E-state index in [1.807, 2.05) is 19.1 Å². The highest BCUT2D eigenvalue weighted by Gasteiger charge is 2.32. The Hall–Kier alpha value is -2.58. The highest BCUT2D eigenvalue weighted by Crippen LogP contribution is 2.37. The number of nitrogens with zero attached hydrogens (tertiary/aromatic N) is 2. The number of ether oxygens (including phenoxy) is 1. The molecule has 4 rings (SSSR count). The first kappa shape index (κ1) is 19.7. The first-order chi connectivity index (χ1) is 13.9. The van der Waals surface area contributed by atoms with Gasteiger partial charge in [-0.25, -0.2) is 14.2 Å². The van der Waals surface area contributed by atoms with Gasteiger partial charge in [-0.15, -0.1) is 11.3 Å². The molecule has 1 aromatic heterocycles. The van der Waals surface area contributed by atoms with Crippen molar-refractivity contribution in [2.24, 2.45) is 4.99 Å². The number of halogens is 2. The van der Waals surface area contributed by atoms with Crippen LogP contribution >= 0.6 is 27.3 Å². The van der Waals surface area contributed by atoms with Gasteiger partial charge < -0.3 is 10.1 Å². The van der Waals surface area contributed by atoms with Gasteiger partial charge in [0.25, 0.3) is 0 Å². The van der Waals surface area contributed by atoms with Crippen molar-refractivity contribution < 1.29 is 13.9 Å². The molecule has 0 aliphatic carbocycles. The van der Waals surface area contributed by atoms with Gasteiger partial charge in [0, 0.05) is 10.2 Å². The molecule has 2 aromatic carbocycles. The first-order valence-electron chi connectivity index (χ1n) is 8.84. The standard InChI is InChI=1S/C21H17BrFN3O2S/c1-10-4-7-15-16(8-10)29-20(25-15)19-24-11(2)17(21(27)28-3)18(26-19)13-6-5-12(23)9-14(13)22/h4-9,18H,1-3H3,(H,24,26). The van der Waals surface area contributed by atoms with Crippen molar-refractivity contribution in [1.29, 1.82) is 0 Å². The zero-order chi connectivity index (χ0) is 20.7. The summed E-state index contributed by atoms with van der Waals surface area (Å²) in [5.41, 5.74) is 3.71. The topological polar surface area (TPSA) is 63.6 Å². The number of esters is 1. The number of carbonyl (C=O) groups excluding carboxylic acids is 1. The number of allylic oxidation sites excluding steroid dienone is 1. The number of rotatable bonds is 3. The molecule has 5 nitrogen and oxygen atoms in total. The van der Waals surface area contributed by atoms with Crippen molar-refractivity contribution in [3.8, 4) is 0 Å². The van der Waals surface area contributed by atoms with E-state index in [1.54, 1.807) is 13.0 Å². The van der Waals surface area contributed by atoms with Gasteiger partial charge in [-0.05, 0) is 49.2 Å². The highest BCUT2D eigenvalue weighted by molar-refractivity contribution is 9.10. The normalized spacial score (nSPS) is 16.6. The van der Waals surface area contributed by atoms with E-state index in [0.717, 1.165) is 20.8 Å². The van der Waals surface area contributed by atoms with Gasteiger partial charge in [0.1, 0.15) is 11.9 Å². The molecule has 1 unspecified atom stereocenters. The third-order valence-electron chi connectivity index (χ3n) is 4.65. The van der Waals surface area contributed by atoms with Gasteiger partial charge in [0.2, 0.25) is 0 Å². The summed E-state index contributed by atoms with van der Waals surface area (Å²) in [5.74, 6) is -0.296. The Kier molecular flexibility index (Phi) is 5.23. The largest absolute Gasteiger partial charge is 0.466 e. The Bertz CT molecular complexity index is 1200. The summed E-state index contributed by atoms with van der Waals surface area (Å²) in [6.07, 6.45) is 0. The Balaban J connectivity index is 1.85. The van der Waals surface area contributed by atoms with Crippen molar-refractivity contribution in [2.75, 3.05) is 7.11 Å². The summed E-state index contributed by atoms with van der Waals surface area (Å²) in [6, 6.07) is 9.75.